The van der Waals surface area contributed by atoms with Crippen LogP contribution >= 0.6 is 0 Å². The van der Waals surface area contributed by atoms with Crippen molar-refractivity contribution >= 4 is 11.9 Å². The summed E-state index contributed by atoms with van der Waals surface area (Å²) in [4.78, 5) is 36.5. The quantitative estimate of drug-likeness (QED) is 0.101. The third-order valence-corrected chi connectivity index (χ3v) is 6.85. The first-order chi connectivity index (χ1) is 24.1. The molecule has 0 aliphatic rings. The average molecular weight is 677 g/mol. The third kappa shape index (κ3) is 13.9. The van der Waals surface area contributed by atoms with Gasteiger partial charge in [0, 0.05) is 49.6 Å². The third-order valence-electron chi connectivity index (χ3n) is 6.85. The fourth-order valence-corrected chi connectivity index (χ4v) is 4.09. The summed E-state index contributed by atoms with van der Waals surface area (Å²) in [5, 5.41) is 52.1. The molecule has 0 atom stereocenters. The maximum Gasteiger partial charge on any atom is 0.335 e. The Morgan fingerprint density at radius 2 is 0.620 bits per heavy atom. The van der Waals surface area contributed by atoms with Crippen molar-refractivity contribution in [3.63, 3.8) is 0 Å². The summed E-state index contributed by atoms with van der Waals surface area (Å²) in [7, 11) is 0. The predicted molar refractivity (Wildman–Crippen MR) is 185 cm³/mol. The predicted octanol–water partition coefficient (Wildman–Crippen LogP) is 6.12. The van der Waals surface area contributed by atoms with Crippen molar-refractivity contribution in [3.8, 4) is 23.0 Å². The molecule has 6 aromatic rings. The van der Waals surface area contributed by atoms with E-state index in [0.717, 1.165) is 49.9 Å². The Morgan fingerprint density at radius 1 is 0.380 bits per heavy atom. The minimum absolute atomic E-state index is 0.0553. The monoisotopic (exact) mass is 676 g/mol. The van der Waals surface area contributed by atoms with Crippen molar-refractivity contribution < 1.29 is 40.2 Å². The SMILES string of the molecule is O=C(O)c1ccc(O)c(O)c1.O=C(O)c1ccc(O)c(O)c1.c1cc(CCc2ccncc2)ccn1.c1cc(CCc2ccncc2)ccn1. The Hall–Kier alpha value is -6.82. The average Bonchev–Trinajstić information content (AvgIpc) is 3.14. The minimum Gasteiger partial charge on any atom is -0.504 e. The van der Waals surface area contributed by atoms with Gasteiger partial charge in [0.2, 0.25) is 0 Å². The number of aryl methyl sites for hydroxylation is 4. The van der Waals surface area contributed by atoms with E-state index >= 15 is 0 Å². The highest BCUT2D eigenvalue weighted by molar-refractivity contribution is 5.88. The molecule has 0 unspecified atom stereocenters. The molecule has 0 spiro atoms. The van der Waals surface area contributed by atoms with Crippen LogP contribution in [0.4, 0.5) is 0 Å². The van der Waals surface area contributed by atoms with Gasteiger partial charge in [-0.1, -0.05) is 0 Å². The van der Waals surface area contributed by atoms with Crippen LogP contribution in [0.5, 0.6) is 23.0 Å². The van der Waals surface area contributed by atoms with Crippen LogP contribution in [0.15, 0.2) is 135 Å². The molecule has 12 heteroatoms. The molecule has 0 aliphatic carbocycles. The van der Waals surface area contributed by atoms with Crippen LogP contribution < -0.4 is 0 Å². The van der Waals surface area contributed by atoms with Crippen molar-refractivity contribution in [1.82, 2.24) is 19.9 Å². The van der Waals surface area contributed by atoms with Gasteiger partial charge in [0.1, 0.15) is 0 Å². The topological polar surface area (TPSA) is 207 Å². The number of aromatic carboxylic acids is 2. The lowest BCUT2D eigenvalue weighted by atomic mass is 10.1. The summed E-state index contributed by atoms with van der Waals surface area (Å²) in [5.41, 5.74) is 5.21. The number of phenolic OH excluding ortho intramolecular Hbond substituents is 4. The van der Waals surface area contributed by atoms with Crippen molar-refractivity contribution in [2.45, 2.75) is 25.7 Å². The molecule has 0 bridgehead atoms. The van der Waals surface area contributed by atoms with Crippen LogP contribution in [0.25, 0.3) is 0 Å². The fraction of sp³-hybridized carbons (Fsp3) is 0.105. The van der Waals surface area contributed by atoms with E-state index in [-0.39, 0.29) is 22.6 Å². The number of aromatic nitrogens is 4. The van der Waals surface area contributed by atoms with Crippen molar-refractivity contribution in [3.05, 3.63) is 168 Å². The highest BCUT2D eigenvalue weighted by Crippen LogP contribution is 2.25. The van der Waals surface area contributed by atoms with E-state index in [4.69, 9.17) is 30.6 Å². The number of carboxylic acid groups (broad SMARTS) is 2. The maximum absolute atomic E-state index is 10.3. The molecule has 256 valence electrons. The van der Waals surface area contributed by atoms with Gasteiger partial charge in [-0.3, -0.25) is 19.9 Å². The largest absolute Gasteiger partial charge is 0.504 e. The van der Waals surface area contributed by atoms with E-state index in [2.05, 4.69) is 68.5 Å². The first kappa shape index (κ1) is 37.6. The van der Waals surface area contributed by atoms with Gasteiger partial charge in [-0.15, -0.1) is 0 Å². The lowest BCUT2D eigenvalue weighted by molar-refractivity contribution is 0.0685. The number of carboxylic acids is 2. The molecule has 6 rings (SSSR count). The molecular formula is C38H36N4O8. The molecule has 0 aliphatic heterocycles. The molecular weight excluding hydrogens is 640 g/mol. The normalized spacial score (nSPS) is 9.76. The van der Waals surface area contributed by atoms with Gasteiger partial charge in [-0.05, 0) is 133 Å². The summed E-state index contributed by atoms with van der Waals surface area (Å²) in [6.45, 7) is 0. The molecule has 4 heterocycles. The van der Waals surface area contributed by atoms with Gasteiger partial charge >= 0.3 is 11.9 Å². The van der Waals surface area contributed by atoms with Crippen LogP contribution in [0, 0.1) is 0 Å². The second-order valence-corrected chi connectivity index (χ2v) is 10.4. The first-order valence-electron chi connectivity index (χ1n) is 15.2. The molecule has 2 aromatic carbocycles. The van der Waals surface area contributed by atoms with E-state index < -0.39 is 23.4 Å². The smallest absolute Gasteiger partial charge is 0.335 e. The number of rotatable bonds is 8. The second-order valence-electron chi connectivity index (χ2n) is 10.4. The lowest BCUT2D eigenvalue weighted by Gasteiger charge is -2.00. The Bertz CT molecular complexity index is 1680. The highest BCUT2D eigenvalue weighted by Gasteiger charge is 2.06. The first-order valence-corrected chi connectivity index (χ1v) is 15.2. The van der Waals surface area contributed by atoms with Gasteiger partial charge in [0.05, 0.1) is 11.1 Å². The van der Waals surface area contributed by atoms with Crippen LogP contribution in [0.2, 0.25) is 0 Å². The zero-order valence-electron chi connectivity index (χ0n) is 26.8. The molecule has 4 aromatic heterocycles. The maximum atomic E-state index is 10.3. The van der Waals surface area contributed by atoms with Gasteiger partial charge in [0.15, 0.2) is 23.0 Å². The zero-order chi connectivity index (χ0) is 36.1. The highest BCUT2D eigenvalue weighted by atomic mass is 16.4. The van der Waals surface area contributed by atoms with Crippen LogP contribution in [0.3, 0.4) is 0 Å². The molecule has 0 amide bonds. The summed E-state index contributed by atoms with van der Waals surface area (Å²) in [6.07, 6.45) is 18.9. The number of hydrogen-bond acceptors (Lipinski definition) is 10. The number of aromatic hydroxyl groups is 4. The second kappa shape index (κ2) is 20.4. The molecule has 0 radical (unpaired) electrons. The van der Waals surface area contributed by atoms with E-state index in [1.165, 1.54) is 34.4 Å². The Balaban J connectivity index is 0.000000182. The lowest BCUT2D eigenvalue weighted by Crippen LogP contribution is -1.94. The Morgan fingerprint density at radius 3 is 0.820 bits per heavy atom. The van der Waals surface area contributed by atoms with Gasteiger partial charge in [-0.25, -0.2) is 9.59 Å². The summed E-state index contributed by atoms with van der Waals surface area (Å²) in [5.74, 6) is -3.78. The Labute approximate surface area is 288 Å². The Kier molecular flexibility index (Phi) is 15.4. The molecule has 6 N–H and O–H groups in total. The zero-order valence-corrected chi connectivity index (χ0v) is 26.8. The molecule has 12 nitrogen and oxygen atoms in total. The standard InChI is InChI=1S/2C12H12N2.2C7H6O4/c2*1(11-3-7-13-8-4-11)2-12-5-9-14-10-6-12;2*8-5-2-1-4(7(10)11)3-6(5)9/h2*3-10H,1-2H2;2*1-3,8-9H,(H,10,11). The summed E-state index contributed by atoms with van der Waals surface area (Å²) in [6, 6.07) is 23.1. The summed E-state index contributed by atoms with van der Waals surface area (Å²) < 4.78 is 0. The van der Waals surface area contributed by atoms with Gasteiger partial charge < -0.3 is 30.6 Å². The number of pyridine rings is 4. The number of benzene rings is 2. The molecule has 0 saturated carbocycles. The van der Waals surface area contributed by atoms with Crippen molar-refractivity contribution in [2.75, 3.05) is 0 Å². The van der Waals surface area contributed by atoms with Crippen molar-refractivity contribution in [2.24, 2.45) is 0 Å². The van der Waals surface area contributed by atoms with E-state index in [0.29, 0.717) is 0 Å². The molecule has 0 saturated heterocycles. The fourth-order valence-electron chi connectivity index (χ4n) is 4.09. The van der Waals surface area contributed by atoms with E-state index in [1.807, 2.05) is 49.6 Å². The number of hydrogen-bond donors (Lipinski definition) is 6. The van der Waals surface area contributed by atoms with Crippen LogP contribution in [-0.4, -0.2) is 62.5 Å². The van der Waals surface area contributed by atoms with E-state index in [9.17, 15) is 9.59 Å². The molecule has 0 fully saturated rings. The van der Waals surface area contributed by atoms with Crippen LogP contribution in [-0.2, 0) is 25.7 Å². The van der Waals surface area contributed by atoms with E-state index in [1.54, 1.807) is 0 Å². The minimum atomic E-state index is -1.14. The molecule has 50 heavy (non-hydrogen) atoms. The van der Waals surface area contributed by atoms with Gasteiger partial charge in [-0.2, -0.15) is 0 Å². The number of nitrogens with zero attached hydrogens (tertiary/aromatic N) is 4. The van der Waals surface area contributed by atoms with Crippen LogP contribution in [0.1, 0.15) is 43.0 Å². The van der Waals surface area contributed by atoms with Crippen molar-refractivity contribution in [1.29, 1.82) is 0 Å². The van der Waals surface area contributed by atoms with Gasteiger partial charge in [0.25, 0.3) is 0 Å². The number of carbonyl (C=O) groups is 2. The summed E-state index contributed by atoms with van der Waals surface area (Å²) >= 11 is 0. The number of phenols is 4.